The summed E-state index contributed by atoms with van der Waals surface area (Å²) >= 11 is 0. The zero-order valence-corrected chi connectivity index (χ0v) is 10.1. The summed E-state index contributed by atoms with van der Waals surface area (Å²) in [6.07, 6.45) is 0.469. The SMILES string of the molecule is CCN(CCC#N)CC(=O)NC(C)(C)C. The fraction of sp³-hybridized carbons (Fsp3) is 0.818. The first-order valence-corrected chi connectivity index (χ1v) is 5.29. The number of rotatable bonds is 5. The van der Waals surface area contributed by atoms with E-state index in [-0.39, 0.29) is 11.4 Å². The van der Waals surface area contributed by atoms with Crippen molar-refractivity contribution in [3.63, 3.8) is 0 Å². The second kappa shape index (κ2) is 6.41. The quantitative estimate of drug-likeness (QED) is 0.742. The number of hydrogen-bond donors (Lipinski definition) is 1. The van der Waals surface area contributed by atoms with Crippen molar-refractivity contribution in [2.24, 2.45) is 0 Å². The van der Waals surface area contributed by atoms with Crippen molar-refractivity contribution in [2.45, 2.75) is 39.7 Å². The van der Waals surface area contributed by atoms with Crippen LogP contribution < -0.4 is 5.32 Å². The van der Waals surface area contributed by atoms with Gasteiger partial charge in [-0.2, -0.15) is 5.26 Å². The van der Waals surface area contributed by atoms with E-state index in [4.69, 9.17) is 5.26 Å². The molecule has 0 aliphatic rings. The Bertz CT molecular complexity index is 237. The Kier molecular flexibility index (Phi) is 5.95. The van der Waals surface area contributed by atoms with Gasteiger partial charge in [-0.25, -0.2) is 0 Å². The highest BCUT2D eigenvalue weighted by molar-refractivity contribution is 5.78. The van der Waals surface area contributed by atoms with E-state index in [1.165, 1.54) is 0 Å². The van der Waals surface area contributed by atoms with Crippen molar-refractivity contribution in [3.05, 3.63) is 0 Å². The zero-order valence-electron chi connectivity index (χ0n) is 10.1. The molecule has 4 nitrogen and oxygen atoms in total. The number of nitrogens with one attached hydrogen (secondary N) is 1. The first-order valence-electron chi connectivity index (χ1n) is 5.29. The van der Waals surface area contributed by atoms with Gasteiger partial charge in [0.05, 0.1) is 12.6 Å². The third-order valence-electron chi connectivity index (χ3n) is 1.87. The largest absolute Gasteiger partial charge is 0.350 e. The molecule has 86 valence electrons. The van der Waals surface area contributed by atoms with Gasteiger partial charge in [-0.15, -0.1) is 0 Å². The molecule has 0 radical (unpaired) electrons. The summed E-state index contributed by atoms with van der Waals surface area (Å²) in [5.41, 5.74) is -0.189. The molecule has 1 amide bonds. The van der Waals surface area contributed by atoms with Gasteiger partial charge in [-0.05, 0) is 27.3 Å². The van der Waals surface area contributed by atoms with E-state index in [0.29, 0.717) is 19.5 Å². The molecule has 0 rings (SSSR count). The van der Waals surface area contributed by atoms with Crippen LogP contribution in [-0.4, -0.2) is 36.0 Å². The summed E-state index contributed by atoms with van der Waals surface area (Å²) in [6.45, 7) is 9.67. The minimum atomic E-state index is -0.189. The molecule has 0 heterocycles. The van der Waals surface area contributed by atoms with Crippen LogP contribution in [0.2, 0.25) is 0 Å². The summed E-state index contributed by atoms with van der Waals surface area (Å²) in [5.74, 6) is 0.0160. The molecule has 4 heteroatoms. The number of likely N-dealkylation sites (N-methyl/N-ethyl adjacent to an activating group) is 1. The third kappa shape index (κ3) is 7.95. The smallest absolute Gasteiger partial charge is 0.234 e. The molecule has 0 saturated heterocycles. The lowest BCUT2D eigenvalue weighted by atomic mass is 10.1. The maximum Gasteiger partial charge on any atom is 0.234 e. The van der Waals surface area contributed by atoms with Gasteiger partial charge >= 0.3 is 0 Å². The Morgan fingerprint density at radius 3 is 2.47 bits per heavy atom. The Hall–Kier alpha value is -1.08. The van der Waals surface area contributed by atoms with Gasteiger partial charge < -0.3 is 5.32 Å². The van der Waals surface area contributed by atoms with Crippen LogP contribution >= 0.6 is 0 Å². The van der Waals surface area contributed by atoms with E-state index in [9.17, 15) is 4.79 Å². The highest BCUT2D eigenvalue weighted by Crippen LogP contribution is 1.99. The summed E-state index contributed by atoms with van der Waals surface area (Å²) in [7, 11) is 0. The van der Waals surface area contributed by atoms with Crippen molar-refractivity contribution in [2.75, 3.05) is 19.6 Å². The number of nitriles is 1. The van der Waals surface area contributed by atoms with Crippen LogP contribution in [0, 0.1) is 11.3 Å². The minimum Gasteiger partial charge on any atom is -0.350 e. The van der Waals surface area contributed by atoms with E-state index in [0.717, 1.165) is 6.54 Å². The van der Waals surface area contributed by atoms with Gasteiger partial charge in [0.25, 0.3) is 0 Å². The Balaban J connectivity index is 3.97. The van der Waals surface area contributed by atoms with Crippen LogP contribution in [0.25, 0.3) is 0 Å². The van der Waals surface area contributed by atoms with Crippen LogP contribution in [0.15, 0.2) is 0 Å². The summed E-state index contributed by atoms with van der Waals surface area (Å²) in [5, 5.41) is 11.4. The normalized spacial score (nSPS) is 11.2. The topological polar surface area (TPSA) is 56.1 Å². The second-order valence-corrected chi connectivity index (χ2v) is 4.58. The molecule has 0 bridgehead atoms. The average molecular weight is 211 g/mol. The lowest BCUT2D eigenvalue weighted by molar-refractivity contribution is -0.123. The molecule has 0 aromatic carbocycles. The predicted octanol–water partition coefficient (Wildman–Crippen LogP) is 1.14. The number of nitrogens with zero attached hydrogens (tertiary/aromatic N) is 2. The number of amides is 1. The van der Waals surface area contributed by atoms with E-state index < -0.39 is 0 Å². The minimum absolute atomic E-state index is 0.0160. The second-order valence-electron chi connectivity index (χ2n) is 4.58. The predicted molar refractivity (Wildman–Crippen MR) is 60.2 cm³/mol. The number of carbonyl (C=O) groups excluding carboxylic acids is 1. The first-order chi connectivity index (χ1) is 6.89. The molecule has 0 spiro atoms. The molecule has 0 aliphatic heterocycles. The van der Waals surface area contributed by atoms with E-state index in [1.54, 1.807) is 0 Å². The zero-order chi connectivity index (χ0) is 11.9. The molecular weight excluding hydrogens is 190 g/mol. The van der Waals surface area contributed by atoms with Gasteiger partial charge in [0.15, 0.2) is 0 Å². The molecule has 0 aliphatic carbocycles. The Morgan fingerprint density at radius 1 is 1.47 bits per heavy atom. The van der Waals surface area contributed by atoms with Gasteiger partial charge in [0.1, 0.15) is 0 Å². The lowest BCUT2D eigenvalue weighted by Crippen LogP contribution is -2.46. The molecule has 0 aromatic heterocycles. The van der Waals surface area contributed by atoms with E-state index in [2.05, 4.69) is 11.4 Å². The van der Waals surface area contributed by atoms with Crippen molar-refractivity contribution >= 4 is 5.91 Å². The summed E-state index contributed by atoms with van der Waals surface area (Å²) < 4.78 is 0. The molecule has 0 fully saturated rings. The van der Waals surface area contributed by atoms with Crippen molar-refractivity contribution in [1.82, 2.24) is 10.2 Å². The van der Waals surface area contributed by atoms with Gasteiger partial charge in [0, 0.05) is 18.5 Å². The monoisotopic (exact) mass is 211 g/mol. The molecular formula is C11H21N3O. The van der Waals surface area contributed by atoms with Crippen molar-refractivity contribution in [1.29, 1.82) is 5.26 Å². The standard InChI is InChI=1S/C11H21N3O/c1-5-14(8-6-7-12)9-10(15)13-11(2,3)4/h5-6,8-9H2,1-4H3,(H,13,15). The molecule has 15 heavy (non-hydrogen) atoms. The van der Waals surface area contributed by atoms with Crippen molar-refractivity contribution in [3.8, 4) is 6.07 Å². The van der Waals surface area contributed by atoms with Crippen LogP contribution in [0.3, 0.4) is 0 Å². The molecule has 0 aromatic rings. The summed E-state index contributed by atoms with van der Waals surface area (Å²) in [6, 6.07) is 2.08. The maximum atomic E-state index is 11.6. The lowest BCUT2D eigenvalue weighted by Gasteiger charge is -2.24. The average Bonchev–Trinajstić information content (AvgIpc) is 2.09. The van der Waals surface area contributed by atoms with Crippen LogP contribution in [0.1, 0.15) is 34.1 Å². The van der Waals surface area contributed by atoms with Gasteiger partial charge in [-0.3, -0.25) is 9.69 Å². The van der Waals surface area contributed by atoms with E-state index >= 15 is 0 Å². The molecule has 0 unspecified atom stereocenters. The summed E-state index contributed by atoms with van der Waals surface area (Å²) in [4.78, 5) is 13.5. The highest BCUT2D eigenvalue weighted by Gasteiger charge is 2.15. The Morgan fingerprint density at radius 2 is 2.07 bits per heavy atom. The maximum absolute atomic E-state index is 11.6. The third-order valence-corrected chi connectivity index (χ3v) is 1.87. The number of carbonyl (C=O) groups is 1. The molecule has 0 saturated carbocycles. The first kappa shape index (κ1) is 13.9. The fourth-order valence-corrected chi connectivity index (χ4v) is 1.22. The molecule has 1 N–H and O–H groups in total. The highest BCUT2D eigenvalue weighted by atomic mass is 16.2. The van der Waals surface area contributed by atoms with Gasteiger partial charge in [0.2, 0.25) is 5.91 Å². The number of hydrogen-bond acceptors (Lipinski definition) is 3. The van der Waals surface area contributed by atoms with Crippen molar-refractivity contribution < 1.29 is 4.79 Å². The van der Waals surface area contributed by atoms with Crippen LogP contribution in [-0.2, 0) is 4.79 Å². The van der Waals surface area contributed by atoms with E-state index in [1.807, 2.05) is 32.6 Å². The van der Waals surface area contributed by atoms with Gasteiger partial charge in [-0.1, -0.05) is 6.92 Å². The Labute approximate surface area is 92.3 Å². The van der Waals surface area contributed by atoms with Crippen LogP contribution in [0.5, 0.6) is 0 Å². The van der Waals surface area contributed by atoms with Crippen LogP contribution in [0.4, 0.5) is 0 Å². The molecule has 0 atom stereocenters. The fourth-order valence-electron chi connectivity index (χ4n) is 1.22.